The van der Waals surface area contributed by atoms with E-state index in [-0.39, 0.29) is 16.6 Å². The second-order valence-corrected chi connectivity index (χ2v) is 6.96. The molecule has 1 aromatic rings. The minimum Gasteiger partial charge on any atom is -0.493 e. The summed E-state index contributed by atoms with van der Waals surface area (Å²) in [5, 5.41) is 5.83. The normalized spacial score (nSPS) is 21.7. The lowest BCUT2D eigenvalue weighted by Crippen LogP contribution is -2.29. The maximum absolute atomic E-state index is 12.3. The topological polar surface area (TPSA) is 51.1 Å². The molecule has 0 saturated heterocycles. The Hall–Kier alpha value is -1.69. The van der Waals surface area contributed by atoms with Gasteiger partial charge in [0.05, 0.1) is 24.2 Å². The molecule has 2 aliphatic rings. The number of carbonyl (C=O) groups is 1. The molecule has 1 atom stereocenters. The third-order valence-electron chi connectivity index (χ3n) is 4.16. The molecule has 0 N–H and O–H groups in total. The predicted molar refractivity (Wildman–Crippen MR) is 93.9 cm³/mol. The standard InChI is InChI=1S/C17H22N2O3S/c1-3-14-11-18-19(17(20)23-14)12-8-9-15(21-2)16(10-12)22-13-6-4-5-7-13/h8-11,13-14H,3-7H2,1-2H3. The molecule has 1 heterocycles. The Morgan fingerprint density at radius 2 is 2.09 bits per heavy atom. The van der Waals surface area contributed by atoms with Gasteiger partial charge < -0.3 is 9.47 Å². The summed E-state index contributed by atoms with van der Waals surface area (Å²) in [5.41, 5.74) is 0.710. The number of carbonyl (C=O) groups excluding carboxylic acids is 1. The fourth-order valence-corrected chi connectivity index (χ4v) is 3.63. The first-order chi connectivity index (χ1) is 11.2. The highest BCUT2D eigenvalue weighted by atomic mass is 32.2. The van der Waals surface area contributed by atoms with Gasteiger partial charge >= 0.3 is 5.24 Å². The molecule has 1 unspecified atom stereocenters. The Balaban J connectivity index is 1.83. The van der Waals surface area contributed by atoms with Crippen molar-refractivity contribution in [3.63, 3.8) is 0 Å². The van der Waals surface area contributed by atoms with Gasteiger partial charge in [-0.2, -0.15) is 10.1 Å². The Bertz CT molecular complexity index is 600. The van der Waals surface area contributed by atoms with Crippen molar-refractivity contribution in [1.82, 2.24) is 0 Å². The number of hydrazone groups is 1. The second-order valence-electron chi connectivity index (χ2n) is 5.77. The van der Waals surface area contributed by atoms with Crippen LogP contribution in [0.25, 0.3) is 0 Å². The third kappa shape index (κ3) is 3.63. The first-order valence-corrected chi connectivity index (χ1v) is 8.98. The quantitative estimate of drug-likeness (QED) is 0.798. The maximum Gasteiger partial charge on any atom is 0.307 e. The van der Waals surface area contributed by atoms with E-state index in [2.05, 4.69) is 5.10 Å². The number of hydrogen-bond acceptors (Lipinski definition) is 5. The van der Waals surface area contributed by atoms with Gasteiger partial charge in [0.2, 0.25) is 0 Å². The summed E-state index contributed by atoms with van der Waals surface area (Å²) in [5.74, 6) is 1.37. The lowest BCUT2D eigenvalue weighted by molar-refractivity contribution is 0.201. The van der Waals surface area contributed by atoms with E-state index in [1.807, 2.05) is 31.3 Å². The molecule has 5 nitrogen and oxygen atoms in total. The molecular weight excluding hydrogens is 312 g/mol. The molecule has 0 spiro atoms. The van der Waals surface area contributed by atoms with Crippen molar-refractivity contribution < 1.29 is 14.3 Å². The van der Waals surface area contributed by atoms with E-state index in [1.54, 1.807) is 7.11 Å². The van der Waals surface area contributed by atoms with Crippen molar-refractivity contribution in [2.75, 3.05) is 12.1 Å². The van der Waals surface area contributed by atoms with Crippen molar-refractivity contribution in [1.29, 1.82) is 0 Å². The van der Waals surface area contributed by atoms with Gasteiger partial charge in [-0.1, -0.05) is 18.7 Å². The number of nitrogens with zero attached hydrogens (tertiary/aromatic N) is 2. The Morgan fingerprint density at radius 1 is 1.30 bits per heavy atom. The average Bonchev–Trinajstić information content (AvgIpc) is 3.07. The molecule has 0 radical (unpaired) electrons. The monoisotopic (exact) mass is 334 g/mol. The van der Waals surface area contributed by atoms with Crippen LogP contribution in [0, 0.1) is 0 Å². The van der Waals surface area contributed by atoms with Crippen LogP contribution >= 0.6 is 11.8 Å². The highest BCUT2D eigenvalue weighted by Gasteiger charge is 2.25. The van der Waals surface area contributed by atoms with Gasteiger partial charge in [0.15, 0.2) is 11.5 Å². The fourth-order valence-electron chi connectivity index (χ4n) is 2.83. The van der Waals surface area contributed by atoms with E-state index < -0.39 is 0 Å². The van der Waals surface area contributed by atoms with Crippen LogP contribution in [0.5, 0.6) is 11.5 Å². The lowest BCUT2D eigenvalue weighted by atomic mass is 10.2. The summed E-state index contributed by atoms with van der Waals surface area (Å²) in [4.78, 5) is 12.3. The van der Waals surface area contributed by atoms with Crippen LogP contribution in [0.3, 0.4) is 0 Å². The molecule has 1 aromatic carbocycles. The molecule has 1 saturated carbocycles. The first kappa shape index (κ1) is 16.2. The molecule has 124 valence electrons. The van der Waals surface area contributed by atoms with Crippen LogP contribution in [0.4, 0.5) is 10.5 Å². The minimum atomic E-state index is -0.0590. The fraction of sp³-hybridized carbons (Fsp3) is 0.529. The van der Waals surface area contributed by atoms with Crippen molar-refractivity contribution in [2.24, 2.45) is 5.10 Å². The van der Waals surface area contributed by atoms with Gasteiger partial charge in [-0.25, -0.2) is 0 Å². The maximum atomic E-state index is 12.3. The highest BCUT2D eigenvalue weighted by molar-refractivity contribution is 8.15. The molecule has 1 fully saturated rings. The van der Waals surface area contributed by atoms with E-state index in [1.165, 1.54) is 29.6 Å². The van der Waals surface area contributed by atoms with Crippen molar-refractivity contribution in [3.05, 3.63) is 18.2 Å². The van der Waals surface area contributed by atoms with Crippen LogP contribution in [0.15, 0.2) is 23.3 Å². The zero-order chi connectivity index (χ0) is 16.2. The summed E-state index contributed by atoms with van der Waals surface area (Å²) in [6, 6.07) is 5.51. The van der Waals surface area contributed by atoms with Gasteiger partial charge in [-0.3, -0.25) is 4.79 Å². The van der Waals surface area contributed by atoms with Crippen molar-refractivity contribution in [2.45, 2.75) is 50.4 Å². The van der Waals surface area contributed by atoms with Gasteiger partial charge in [-0.15, -0.1) is 0 Å². The van der Waals surface area contributed by atoms with Crippen LogP contribution in [-0.2, 0) is 0 Å². The molecule has 6 heteroatoms. The minimum absolute atomic E-state index is 0.0590. The van der Waals surface area contributed by atoms with E-state index in [9.17, 15) is 4.79 Å². The summed E-state index contributed by atoms with van der Waals surface area (Å²) >= 11 is 1.30. The molecule has 0 bridgehead atoms. The average molecular weight is 334 g/mol. The molecule has 23 heavy (non-hydrogen) atoms. The zero-order valence-electron chi connectivity index (χ0n) is 13.5. The number of benzene rings is 1. The largest absolute Gasteiger partial charge is 0.493 e. The highest BCUT2D eigenvalue weighted by Crippen LogP contribution is 2.36. The van der Waals surface area contributed by atoms with Crippen LogP contribution in [0.1, 0.15) is 39.0 Å². The Labute approximate surface area is 141 Å². The Kier molecular flexibility index (Phi) is 5.10. The van der Waals surface area contributed by atoms with E-state index in [0.717, 1.165) is 19.3 Å². The second kappa shape index (κ2) is 7.25. The van der Waals surface area contributed by atoms with E-state index in [0.29, 0.717) is 17.2 Å². The number of ether oxygens (including phenoxy) is 2. The third-order valence-corrected chi connectivity index (χ3v) is 5.30. The smallest absolute Gasteiger partial charge is 0.307 e. The van der Waals surface area contributed by atoms with Gasteiger partial charge in [0.1, 0.15) is 0 Å². The number of thioether (sulfide) groups is 1. The van der Waals surface area contributed by atoms with Gasteiger partial charge in [0, 0.05) is 12.3 Å². The molecule has 1 aliphatic carbocycles. The van der Waals surface area contributed by atoms with Crippen LogP contribution in [-0.4, -0.2) is 29.9 Å². The zero-order valence-corrected chi connectivity index (χ0v) is 14.3. The number of rotatable bonds is 5. The van der Waals surface area contributed by atoms with E-state index >= 15 is 0 Å². The van der Waals surface area contributed by atoms with E-state index in [4.69, 9.17) is 9.47 Å². The van der Waals surface area contributed by atoms with Gasteiger partial charge in [-0.05, 0) is 44.2 Å². The Morgan fingerprint density at radius 3 is 2.74 bits per heavy atom. The summed E-state index contributed by atoms with van der Waals surface area (Å²) in [6.07, 6.45) is 7.51. The molecule has 1 aliphatic heterocycles. The lowest BCUT2D eigenvalue weighted by Gasteiger charge is -2.24. The summed E-state index contributed by atoms with van der Waals surface area (Å²) in [7, 11) is 1.63. The number of anilines is 1. The van der Waals surface area contributed by atoms with Gasteiger partial charge in [0.25, 0.3) is 0 Å². The SMILES string of the molecule is CCC1C=NN(c2ccc(OC)c(OC3CCCC3)c2)C(=O)S1. The first-order valence-electron chi connectivity index (χ1n) is 8.10. The molecule has 0 aromatic heterocycles. The number of amides is 1. The molecular formula is C17H22N2O3S. The predicted octanol–water partition coefficient (Wildman–Crippen LogP) is 4.45. The van der Waals surface area contributed by atoms with Crippen molar-refractivity contribution >= 4 is 28.9 Å². The summed E-state index contributed by atoms with van der Waals surface area (Å²) in [6.45, 7) is 2.05. The van der Waals surface area contributed by atoms with Crippen molar-refractivity contribution in [3.8, 4) is 11.5 Å². The molecule has 3 rings (SSSR count). The molecule has 1 amide bonds. The number of methoxy groups -OCH3 is 1. The summed E-state index contributed by atoms with van der Waals surface area (Å²) < 4.78 is 11.5. The van der Waals surface area contributed by atoms with Crippen LogP contribution < -0.4 is 14.5 Å². The number of hydrogen-bond donors (Lipinski definition) is 0. The van der Waals surface area contributed by atoms with Crippen LogP contribution in [0.2, 0.25) is 0 Å².